The van der Waals surface area contributed by atoms with Crippen molar-refractivity contribution in [3.05, 3.63) is 23.8 Å². The van der Waals surface area contributed by atoms with E-state index in [2.05, 4.69) is 0 Å². The summed E-state index contributed by atoms with van der Waals surface area (Å²) >= 11 is 0. The van der Waals surface area contributed by atoms with E-state index >= 15 is 0 Å². The highest BCUT2D eigenvalue weighted by Gasteiger charge is 2.19. The van der Waals surface area contributed by atoms with E-state index in [4.69, 9.17) is 15.2 Å². The first-order chi connectivity index (χ1) is 8.02. The third-order valence-electron chi connectivity index (χ3n) is 2.76. The molecule has 0 aliphatic carbocycles. The van der Waals surface area contributed by atoms with Crippen molar-refractivity contribution in [1.29, 1.82) is 0 Å². The normalized spacial score (nSPS) is 14.2. The third kappa shape index (κ3) is 3.91. The van der Waals surface area contributed by atoms with Gasteiger partial charge in [0.1, 0.15) is 6.61 Å². The zero-order valence-electron chi connectivity index (χ0n) is 10.7. The number of rotatable bonds is 6. The van der Waals surface area contributed by atoms with E-state index in [9.17, 15) is 5.11 Å². The van der Waals surface area contributed by atoms with Gasteiger partial charge in [-0.15, -0.1) is 0 Å². The monoisotopic (exact) mass is 239 g/mol. The van der Waals surface area contributed by atoms with Crippen LogP contribution in [-0.2, 0) is 6.54 Å². The van der Waals surface area contributed by atoms with Gasteiger partial charge in [0.25, 0.3) is 0 Å². The lowest BCUT2D eigenvalue weighted by Crippen LogP contribution is -2.31. The molecule has 0 radical (unpaired) electrons. The lowest BCUT2D eigenvalue weighted by Gasteiger charge is -2.22. The zero-order chi connectivity index (χ0) is 12.9. The van der Waals surface area contributed by atoms with Crippen LogP contribution in [0, 0.1) is 0 Å². The van der Waals surface area contributed by atoms with E-state index in [1.54, 1.807) is 14.0 Å². The van der Waals surface area contributed by atoms with Crippen molar-refractivity contribution in [2.45, 2.75) is 32.4 Å². The number of nitrogens with two attached hydrogens (primary N) is 1. The van der Waals surface area contributed by atoms with Crippen LogP contribution < -0.4 is 15.2 Å². The molecule has 0 spiro atoms. The van der Waals surface area contributed by atoms with Gasteiger partial charge in [0.15, 0.2) is 11.5 Å². The highest BCUT2D eigenvalue weighted by Crippen LogP contribution is 2.28. The molecule has 1 aromatic rings. The number of methoxy groups -OCH3 is 1. The fourth-order valence-corrected chi connectivity index (χ4v) is 1.30. The summed E-state index contributed by atoms with van der Waals surface area (Å²) < 4.78 is 10.8. The Hall–Kier alpha value is -1.26. The maximum Gasteiger partial charge on any atom is 0.161 e. The van der Waals surface area contributed by atoms with Gasteiger partial charge in [-0.1, -0.05) is 13.0 Å². The molecule has 3 N–H and O–H groups in total. The Kier molecular flexibility index (Phi) is 4.78. The van der Waals surface area contributed by atoms with E-state index in [1.807, 2.05) is 25.1 Å². The summed E-state index contributed by atoms with van der Waals surface area (Å²) in [5.41, 5.74) is 5.71. The minimum absolute atomic E-state index is 0.230. The Balaban J connectivity index is 2.81. The number of ether oxygens (including phenoxy) is 2. The van der Waals surface area contributed by atoms with Crippen molar-refractivity contribution >= 4 is 0 Å². The fraction of sp³-hybridized carbons (Fsp3) is 0.538. The highest BCUT2D eigenvalue weighted by atomic mass is 16.5. The zero-order valence-corrected chi connectivity index (χ0v) is 10.7. The Morgan fingerprint density at radius 1 is 1.35 bits per heavy atom. The van der Waals surface area contributed by atoms with Gasteiger partial charge < -0.3 is 20.3 Å². The minimum atomic E-state index is -0.830. The van der Waals surface area contributed by atoms with Crippen LogP contribution in [-0.4, -0.2) is 24.4 Å². The van der Waals surface area contributed by atoms with Crippen molar-refractivity contribution in [2.75, 3.05) is 13.7 Å². The molecule has 1 unspecified atom stereocenters. The molecule has 0 saturated carbocycles. The van der Waals surface area contributed by atoms with Crippen LogP contribution in [0.5, 0.6) is 11.5 Å². The first-order valence-electron chi connectivity index (χ1n) is 5.74. The van der Waals surface area contributed by atoms with Crippen molar-refractivity contribution in [3.63, 3.8) is 0 Å². The molecule has 0 aromatic heterocycles. The maximum atomic E-state index is 9.88. The second-order valence-electron chi connectivity index (χ2n) is 4.33. The van der Waals surface area contributed by atoms with E-state index < -0.39 is 5.60 Å². The Bertz CT molecular complexity index is 364. The van der Waals surface area contributed by atoms with Gasteiger partial charge in [-0.05, 0) is 31.0 Å². The molecule has 1 aromatic carbocycles. The predicted molar refractivity (Wildman–Crippen MR) is 67.3 cm³/mol. The SMILES string of the molecule is CCC(C)(O)COc1cc(CN)ccc1OC. The maximum absolute atomic E-state index is 9.88. The van der Waals surface area contributed by atoms with Crippen molar-refractivity contribution in [2.24, 2.45) is 5.73 Å². The molecule has 0 heterocycles. The largest absolute Gasteiger partial charge is 0.493 e. The van der Waals surface area contributed by atoms with Crippen LogP contribution in [0.15, 0.2) is 18.2 Å². The Labute approximate surface area is 102 Å². The minimum Gasteiger partial charge on any atom is -0.493 e. The molecular formula is C13H21NO3. The summed E-state index contributed by atoms with van der Waals surface area (Å²) in [4.78, 5) is 0. The molecule has 1 atom stereocenters. The summed E-state index contributed by atoms with van der Waals surface area (Å²) in [6.07, 6.45) is 0.631. The van der Waals surface area contributed by atoms with Gasteiger partial charge >= 0.3 is 0 Å². The predicted octanol–water partition coefficient (Wildman–Crippen LogP) is 1.69. The Morgan fingerprint density at radius 3 is 2.59 bits per heavy atom. The molecule has 0 aliphatic heterocycles. The van der Waals surface area contributed by atoms with E-state index in [0.29, 0.717) is 24.5 Å². The summed E-state index contributed by atoms with van der Waals surface area (Å²) in [6.45, 7) is 4.33. The molecule has 1 rings (SSSR count). The van der Waals surface area contributed by atoms with Crippen molar-refractivity contribution < 1.29 is 14.6 Å². The topological polar surface area (TPSA) is 64.7 Å². The number of hydrogen-bond acceptors (Lipinski definition) is 4. The molecule has 0 amide bonds. The first kappa shape index (κ1) is 13.8. The van der Waals surface area contributed by atoms with E-state index in [0.717, 1.165) is 5.56 Å². The van der Waals surface area contributed by atoms with Gasteiger partial charge in [0.05, 0.1) is 12.7 Å². The molecule has 0 saturated heterocycles. The van der Waals surface area contributed by atoms with Gasteiger partial charge in [-0.25, -0.2) is 0 Å². The highest BCUT2D eigenvalue weighted by molar-refractivity contribution is 5.42. The van der Waals surface area contributed by atoms with Crippen LogP contribution in [0.25, 0.3) is 0 Å². The summed E-state index contributed by atoms with van der Waals surface area (Å²) in [6, 6.07) is 5.55. The number of hydrogen-bond donors (Lipinski definition) is 2. The van der Waals surface area contributed by atoms with Crippen molar-refractivity contribution in [1.82, 2.24) is 0 Å². The van der Waals surface area contributed by atoms with Gasteiger partial charge in [0, 0.05) is 6.54 Å². The average Bonchev–Trinajstić information content (AvgIpc) is 2.36. The van der Waals surface area contributed by atoms with Crippen LogP contribution in [0.4, 0.5) is 0 Å². The molecule has 0 fully saturated rings. The smallest absolute Gasteiger partial charge is 0.161 e. The molecular weight excluding hydrogens is 218 g/mol. The number of aliphatic hydroxyl groups is 1. The summed E-state index contributed by atoms with van der Waals surface area (Å²) in [7, 11) is 1.59. The number of benzene rings is 1. The van der Waals surface area contributed by atoms with Crippen LogP contribution in [0.1, 0.15) is 25.8 Å². The second-order valence-corrected chi connectivity index (χ2v) is 4.33. The van der Waals surface area contributed by atoms with Gasteiger partial charge in [-0.3, -0.25) is 0 Å². The fourth-order valence-electron chi connectivity index (χ4n) is 1.30. The van der Waals surface area contributed by atoms with Gasteiger partial charge in [-0.2, -0.15) is 0 Å². The quantitative estimate of drug-likeness (QED) is 0.793. The average molecular weight is 239 g/mol. The Morgan fingerprint density at radius 2 is 2.06 bits per heavy atom. The van der Waals surface area contributed by atoms with E-state index in [1.165, 1.54) is 0 Å². The molecule has 17 heavy (non-hydrogen) atoms. The third-order valence-corrected chi connectivity index (χ3v) is 2.76. The van der Waals surface area contributed by atoms with Gasteiger partial charge in [0.2, 0.25) is 0 Å². The van der Waals surface area contributed by atoms with Crippen LogP contribution >= 0.6 is 0 Å². The molecule has 4 nitrogen and oxygen atoms in total. The lowest BCUT2D eigenvalue weighted by atomic mass is 10.1. The summed E-state index contributed by atoms with van der Waals surface area (Å²) in [5.74, 6) is 1.26. The van der Waals surface area contributed by atoms with E-state index in [-0.39, 0.29) is 6.61 Å². The second kappa shape index (κ2) is 5.89. The first-order valence-corrected chi connectivity index (χ1v) is 5.74. The van der Waals surface area contributed by atoms with Crippen LogP contribution in [0.2, 0.25) is 0 Å². The van der Waals surface area contributed by atoms with Crippen LogP contribution in [0.3, 0.4) is 0 Å². The molecule has 96 valence electrons. The molecule has 4 heteroatoms. The summed E-state index contributed by atoms with van der Waals surface area (Å²) in [5, 5.41) is 9.88. The lowest BCUT2D eigenvalue weighted by molar-refractivity contribution is 0.00773. The molecule has 0 bridgehead atoms. The van der Waals surface area contributed by atoms with Crippen molar-refractivity contribution in [3.8, 4) is 11.5 Å². The standard InChI is InChI=1S/C13H21NO3/c1-4-13(2,15)9-17-12-7-10(8-14)5-6-11(12)16-3/h5-7,15H,4,8-9,14H2,1-3H3. The molecule has 0 aliphatic rings.